The molecule has 0 saturated carbocycles. The number of hydrogen-bond acceptors (Lipinski definition) is 4. The minimum Gasteiger partial charge on any atom is -0.399 e. The fourth-order valence-corrected chi connectivity index (χ4v) is 1.84. The summed E-state index contributed by atoms with van der Waals surface area (Å²) in [5, 5.41) is 1.80. The third-order valence-corrected chi connectivity index (χ3v) is 3.00. The minimum absolute atomic E-state index is 0.0168. The van der Waals surface area contributed by atoms with Crippen molar-refractivity contribution in [3.05, 3.63) is 29.6 Å². The standard InChI is InChI=1S/C12H17FN4O/c1-16-4-6-17(7-5-16)15-12(18)10-3-2-9(14)8-11(10)13/h2-3,8H,4-7,14H2,1H3,(H,15,18). The SMILES string of the molecule is CN1CCN(NC(=O)c2ccc(N)cc2F)CC1. The number of benzene rings is 1. The van der Waals surface area contributed by atoms with Crippen molar-refractivity contribution in [2.75, 3.05) is 39.0 Å². The van der Waals surface area contributed by atoms with Gasteiger partial charge in [-0.15, -0.1) is 0 Å². The Balaban J connectivity index is 1.99. The van der Waals surface area contributed by atoms with Gasteiger partial charge >= 0.3 is 0 Å². The van der Waals surface area contributed by atoms with Crippen LogP contribution in [0.2, 0.25) is 0 Å². The van der Waals surface area contributed by atoms with Crippen molar-refractivity contribution in [1.82, 2.24) is 15.3 Å². The molecule has 18 heavy (non-hydrogen) atoms. The van der Waals surface area contributed by atoms with Crippen LogP contribution in [-0.2, 0) is 0 Å². The number of nitrogens with zero attached hydrogens (tertiary/aromatic N) is 2. The molecule has 0 atom stereocenters. The quantitative estimate of drug-likeness (QED) is 0.743. The first kappa shape index (κ1) is 12.8. The largest absolute Gasteiger partial charge is 0.399 e. The van der Waals surface area contributed by atoms with E-state index in [0.717, 1.165) is 32.2 Å². The van der Waals surface area contributed by atoms with Crippen LogP contribution in [0.3, 0.4) is 0 Å². The van der Waals surface area contributed by atoms with Crippen molar-refractivity contribution in [2.24, 2.45) is 0 Å². The molecular formula is C12H17FN4O. The number of carbonyl (C=O) groups is 1. The van der Waals surface area contributed by atoms with E-state index in [1.165, 1.54) is 12.1 Å². The average molecular weight is 252 g/mol. The van der Waals surface area contributed by atoms with Crippen molar-refractivity contribution in [3.8, 4) is 0 Å². The Morgan fingerprint density at radius 2 is 2.00 bits per heavy atom. The van der Waals surface area contributed by atoms with Gasteiger partial charge in [0.05, 0.1) is 5.56 Å². The highest BCUT2D eigenvalue weighted by Gasteiger charge is 2.18. The molecule has 1 aliphatic rings. The van der Waals surface area contributed by atoms with E-state index in [1.54, 1.807) is 5.01 Å². The number of hydrazine groups is 1. The molecule has 1 saturated heterocycles. The van der Waals surface area contributed by atoms with Crippen LogP contribution in [0.25, 0.3) is 0 Å². The maximum absolute atomic E-state index is 13.5. The van der Waals surface area contributed by atoms with Crippen LogP contribution in [0.5, 0.6) is 0 Å². The number of amides is 1. The molecule has 1 aliphatic heterocycles. The van der Waals surface area contributed by atoms with E-state index in [2.05, 4.69) is 10.3 Å². The zero-order valence-corrected chi connectivity index (χ0v) is 10.3. The summed E-state index contributed by atoms with van der Waals surface area (Å²) in [6, 6.07) is 4.07. The number of likely N-dealkylation sites (N-methyl/N-ethyl adjacent to an activating group) is 1. The number of nitrogen functional groups attached to an aromatic ring is 1. The Labute approximate surface area is 105 Å². The van der Waals surface area contributed by atoms with Gasteiger partial charge in [0, 0.05) is 31.9 Å². The highest BCUT2D eigenvalue weighted by Crippen LogP contribution is 2.11. The van der Waals surface area contributed by atoms with Crippen LogP contribution in [0.1, 0.15) is 10.4 Å². The van der Waals surface area contributed by atoms with Gasteiger partial charge in [-0.1, -0.05) is 0 Å². The molecule has 0 aromatic heterocycles. The zero-order chi connectivity index (χ0) is 13.1. The van der Waals surface area contributed by atoms with Crippen molar-refractivity contribution in [3.63, 3.8) is 0 Å². The van der Waals surface area contributed by atoms with Crippen molar-refractivity contribution in [1.29, 1.82) is 0 Å². The molecule has 1 amide bonds. The molecular weight excluding hydrogens is 235 g/mol. The van der Waals surface area contributed by atoms with Gasteiger partial charge in [0.25, 0.3) is 5.91 Å². The van der Waals surface area contributed by atoms with Gasteiger partial charge in [0.15, 0.2) is 0 Å². The van der Waals surface area contributed by atoms with Crippen LogP contribution < -0.4 is 11.2 Å². The summed E-state index contributed by atoms with van der Waals surface area (Å²) in [6.45, 7) is 3.23. The molecule has 0 aliphatic carbocycles. The molecule has 2 rings (SSSR count). The molecule has 1 heterocycles. The number of nitrogens with two attached hydrogens (primary N) is 1. The second-order valence-corrected chi connectivity index (χ2v) is 4.47. The number of halogens is 1. The van der Waals surface area contributed by atoms with Crippen molar-refractivity contribution >= 4 is 11.6 Å². The fourth-order valence-electron chi connectivity index (χ4n) is 1.84. The van der Waals surface area contributed by atoms with Crippen LogP contribution in [0.4, 0.5) is 10.1 Å². The first-order chi connectivity index (χ1) is 8.56. The lowest BCUT2D eigenvalue weighted by Gasteiger charge is -2.32. The van der Waals surface area contributed by atoms with Crippen LogP contribution in [0.15, 0.2) is 18.2 Å². The zero-order valence-electron chi connectivity index (χ0n) is 10.3. The Kier molecular flexibility index (Phi) is 3.78. The fraction of sp³-hybridized carbons (Fsp3) is 0.417. The molecule has 5 nitrogen and oxygen atoms in total. The molecule has 0 unspecified atom stereocenters. The third-order valence-electron chi connectivity index (χ3n) is 3.00. The highest BCUT2D eigenvalue weighted by atomic mass is 19.1. The molecule has 0 spiro atoms. The number of carbonyl (C=O) groups excluding carboxylic acids is 1. The van der Waals surface area contributed by atoms with Gasteiger partial charge in [-0.2, -0.15) is 0 Å². The van der Waals surface area contributed by atoms with Gasteiger partial charge in [-0.25, -0.2) is 9.40 Å². The van der Waals surface area contributed by atoms with Gasteiger partial charge in [0.2, 0.25) is 0 Å². The van der Waals surface area contributed by atoms with Gasteiger partial charge < -0.3 is 10.6 Å². The number of hydrogen-bond donors (Lipinski definition) is 2. The first-order valence-corrected chi connectivity index (χ1v) is 5.86. The number of nitrogens with one attached hydrogen (secondary N) is 1. The van der Waals surface area contributed by atoms with E-state index < -0.39 is 11.7 Å². The molecule has 0 bridgehead atoms. The minimum atomic E-state index is -0.596. The predicted octanol–water partition coefficient (Wildman–Crippen LogP) is 0.300. The molecule has 0 radical (unpaired) electrons. The van der Waals surface area contributed by atoms with Crippen molar-refractivity contribution < 1.29 is 9.18 Å². The van der Waals surface area contributed by atoms with Crippen molar-refractivity contribution in [2.45, 2.75) is 0 Å². The molecule has 6 heteroatoms. The maximum Gasteiger partial charge on any atom is 0.268 e. The molecule has 1 fully saturated rings. The first-order valence-electron chi connectivity index (χ1n) is 5.86. The van der Waals surface area contributed by atoms with E-state index in [4.69, 9.17) is 5.73 Å². The number of anilines is 1. The summed E-state index contributed by atoms with van der Waals surface area (Å²) < 4.78 is 13.5. The number of piperazine rings is 1. The number of rotatable bonds is 2. The monoisotopic (exact) mass is 252 g/mol. The smallest absolute Gasteiger partial charge is 0.268 e. The summed E-state index contributed by atoms with van der Waals surface area (Å²) in [5.74, 6) is -1.03. The molecule has 98 valence electrons. The van der Waals surface area contributed by atoms with Gasteiger partial charge in [-0.05, 0) is 25.2 Å². The predicted molar refractivity (Wildman–Crippen MR) is 67.3 cm³/mol. The summed E-state index contributed by atoms with van der Waals surface area (Å²) >= 11 is 0. The van der Waals surface area contributed by atoms with Gasteiger partial charge in [0.1, 0.15) is 5.82 Å². The lowest BCUT2D eigenvalue weighted by Crippen LogP contribution is -2.52. The average Bonchev–Trinajstić information content (AvgIpc) is 2.32. The highest BCUT2D eigenvalue weighted by molar-refractivity contribution is 5.94. The molecule has 3 N–H and O–H groups in total. The Bertz CT molecular complexity index is 444. The topological polar surface area (TPSA) is 61.6 Å². The Hall–Kier alpha value is -1.66. The summed E-state index contributed by atoms with van der Waals surface area (Å²) in [4.78, 5) is 14.1. The van der Waals surface area contributed by atoms with E-state index in [1.807, 2.05) is 7.05 Å². The summed E-state index contributed by atoms with van der Waals surface area (Å²) in [7, 11) is 2.03. The maximum atomic E-state index is 13.5. The Morgan fingerprint density at radius 1 is 1.33 bits per heavy atom. The lowest BCUT2D eigenvalue weighted by atomic mass is 10.2. The van der Waals surface area contributed by atoms with Gasteiger partial charge in [-0.3, -0.25) is 10.2 Å². The van der Waals surface area contributed by atoms with Crippen LogP contribution >= 0.6 is 0 Å². The summed E-state index contributed by atoms with van der Waals surface area (Å²) in [5.41, 5.74) is 8.47. The lowest BCUT2D eigenvalue weighted by molar-refractivity contribution is 0.0659. The second kappa shape index (κ2) is 5.32. The van der Waals surface area contributed by atoms with E-state index in [0.29, 0.717) is 5.69 Å². The third kappa shape index (κ3) is 2.96. The Morgan fingerprint density at radius 3 is 2.61 bits per heavy atom. The van der Waals surface area contributed by atoms with E-state index in [9.17, 15) is 9.18 Å². The van der Waals surface area contributed by atoms with Crippen LogP contribution in [-0.4, -0.2) is 49.0 Å². The second-order valence-electron chi connectivity index (χ2n) is 4.47. The van der Waals surface area contributed by atoms with E-state index in [-0.39, 0.29) is 5.56 Å². The molecule has 1 aromatic rings. The van der Waals surface area contributed by atoms with E-state index >= 15 is 0 Å². The normalized spacial score (nSPS) is 17.7. The summed E-state index contributed by atoms with van der Waals surface area (Å²) in [6.07, 6.45) is 0. The molecule has 1 aromatic carbocycles. The van der Waals surface area contributed by atoms with Crippen LogP contribution in [0, 0.1) is 5.82 Å².